The monoisotopic (exact) mass is 309 g/mol. The number of fused-ring (bicyclic) bond motifs is 1. The first-order valence-corrected chi connectivity index (χ1v) is 8.14. The molecule has 0 aromatic carbocycles. The van der Waals surface area contributed by atoms with Gasteiger partial charge in [0.05, 0.1) is 30.3 Å². The SMILES string of the molecule is COCCn1cncc1CN1CC[C@]2(OC)CC[C@@H](O)C[C@H]12. The van der Waals surface area contributed by atoms with E-state index in [9.17, 15) is 5.11 Å². The molecular weight excluding hydrogens is 282 g/mol. The van der Waals surface area contributed by atoms with Gasteiger partial charge in [-0.3, -0.25) is 4.90 Å². The lowest BCUT2D eigenvalue weighted by Gasteiger charge is -2.42. The van der Waals surface area contributed by atoms with Gasteiger partial charge in [0.15, 0.2) is 0 Å². The summed E-state index contributed by atoms with van der Waals surface area (Å²) in [5, 5.41) is 10.1. The third kappa shape index (κ3) is 2.93. The van der Waals surface area contributed by atoms with Gasteiger partial charge in [-0.2, -0.15) is 0 Å². The Bertz CT molecular complexity index is 493. The predicted molar refractivity (Wildman–Crippen MR) is 82.5 cm³/mol. The summed E-state index contributed by atoms with van der Waals surface area (Å²) in [5.74, 6) is 0. The highest BCUT2D eigenvalue weighted by atomic mass is 16.5. The molecule has 0 radical (unpaired) electrons. The van der Waals surface area contributed by atoms with Crippen LogP contribution < -0.4 is 0 Å². The Balaban J connectivity index is 1.71. The Morgan fingerprint density at radius 2 is 2.27 bits per heavy atom. The summed E-state index contributed by atoms with van der Waals surface area (Å²) in [5.41, 5.74) is 1.13. The van der Waals surface area contributed by atoms with Gasteiger partial charge < -0.3 is 19.1 Å². The van der Waals surface area contributed by atoms with Crippen LogP contribution in [0.4, 0.5) is 0 Å². The Morgan fingerprint density at radius 3 is 3.05 bits per heavy atom. The zero-order valence-corrected chi connectivity index (χ0v) is 13.6. The van der Waals surface area contributed by atoms with Gasteiger partial charge in [0.1, 0.15) is 0 Å². The quantitative estimate of drug-likeness (QED) is 0.850. The Labute approximate surface area is 132 Å². The van der Waals surface area contributed by atoms with E-state index in [1.165, 1.54) is 5.69 Å². The van der Waals surface area contributed by atoms with E-state index in [0.29, 0.717) is 12.6 Å². The van der Waals surface area contributed by atoms with Gasteiger partial charge >= 0.3 is 0 Å². The van der Waals surface area contributed by atoms with E-state index in [1.807, 2.05) is 19.6 Å². The third-order valence-electron chi connectivity index (χ3n) is 5.37. The smallest absolute Gasteiger partial charge is 0.0949 e. The lowest BCUT2D eigenvalue weighted by Crippen LogP contribution is -2.51. The molecule has 3 atom stereocenters. The summed E-state index contributed by atoms with van der Waals surface area (Å²) in [4.78, 5) is 6.72. The van der Waals surface area contributed by atoms with Crippen LogP contribution in [0.5, 0.6) is 0 Å². The fourth-order valence-electron chi connectivity index (χ4n) is 4.04. The van der Waals surface area contributed by atoms with Crippen molar-refractivity contribution in [3.8, 4) is 0 Å². The van der Waals surface area contributed by atoms with Crippen molar-refractivity contribution in [2.24, 2.45) is 0 Å². The average molecular weight is 309 g/mol. The van der Waals surface area contributed by atoms with Crippen molar-refractivity contribution in [3.05, 3.63) is 18.2 Å². The van der Waals surface area contributed by atoms with Gasteiger partial charge in [-0.25, -0.2) is 4.98 Å². The molecule has 6 heteroatoms. The number of hydrogen-bond donors (Lipinski definition) is 1. The maximum absolute atomic E-state index is 10.1. The zero-order valence-electron chi connectivity index (χ0n) is 13.6. The van der Waals surface area contributed by atoms with Gasteiger partial charge in [0.2, 0.25) is 0 Å². The fourth-order valence-corrected chi connectivity index (χ4v) is 4.04. The van der Waals surface area contributed by atoms with Gasteiger partial charge in [-0.15, -0.1) is 0 Å². The molecule has 2 heterocycles. The molecule has 1 saturated heterocycles. The van der Waals surface area contributed by atoms with Crippen LogP contribution in [0.3, 0.4) is 0 Å². The molecule has 22 heavy (non-hydrogen) atoms. The number of aromatic nitrogens is 2. The van der Waals surface area contributed by atoms with Gasteiger partial charge in [0, 0.05) is 46.1 Å². The number of aliphatic hydroxyl groups excluding tert-OH is 1. The van der Waals surface area contributed by atoms with Crippen LogP contribution in [-0.4, -0.2) is 64.7 Å². The number of nitrogens with zero attached hydrogens (tertiary/aromatic N) is 3. The lowest BCUT2D eigenvalue weighted by atomic mass is 9.79. The molecule has 2 fully saturated rings. The van der Waals surface area contributed by atoms with Gasteiger partial charge in [-0.1, -0.05) is 0 Å². The minimum atomic E-state index is -0.202. The molecule has 0 spiro atoms. The zero-order chi connectivity index (χ0) is 15.6. The standard InChI is InChI=1S/C16H27N3O3/c1-21-8-7-19-12-17-10-13(19)11-18-6-5-16(22-2)4-3-14(20)9-15(16)18/h10,12,14-15,20H,3-9,11H2,1-2H3/t14-,15+,16-/m1/s1. The molecule has 124 valence electrons. The van der Waals surface area contributed by atoms with E-state index in [4.69, 9.17) is 9.47 Å². The maximum atomic E-state index is 10.1. The van der Waals surface area contributed by atoms with Crippen LogP contribution in [0.1, 0.15) is 31.4 Å². The highest BCUT2D eigenvalue weighted by Gasteiger charge is 2.50. The number of rotatable bonds is 6. The minimum Gasteiger partial charge on any atom is -0.393 e. The first-order chi connectivity index (χ1) is 10.7. The van der Waals surface area contributed by atoms with Crippen LogP contribution in [0, 0.1) is 0 Å². The average Bonchev–Trinajstić information content (AvgIpc) is 3.11. The van der Waals surface area contributed by atoms with Crippen molar-refractivity contribution < 1.29 is 14.6 Å². The second-order valence-electron chi connectivity index (χ2n) is 6.50. The topological polar surface area (TPSA) is 59.8 Å². The fraction of sp³-hybridized carbons (Fsp3) is 0.812. The number of methoxy groups -OCH3 is 2. The summed E-state index contributed by atoms with van der Waals surface area (Å²) < 4.78 is 13.2. The van der Waals surface area contributed by atoms with E-state index in [1.54, 1.807) is 7.11 Å². The lowest BCUT2D eigenvalue weighted by molar-refractivity contribution is -0.0881. The molecule has 2 aliphatic rings. The summed E-state index contributed by atoms with van der Waals surface area (Å²) in [6.07, 6.45) is 7.25. The Morgan fingerprint density at radius 1 is 1.41 bits per heavy atom. The van der Waals surface area contributed by atoms with Crippen LogP contribution >= 0.6 is 0 Å². The molecule has 3 rings (SSSR count). The van der Waals surface area contributed by atoms with Crippen LogP contribution in [0.2, 0.25) is 0 Å². The van der Waals surface area contributed by atoms with Gasteiger partial charge in [-0.05, 0) is 25.7 Å². The first-order valence-electron chi connectivity index (χ1n) is 8.14. The molecule has 0 amide bonds. The maximum Gasteiger partial charge on any atom is 0.0949 e. The van der Waals surface area contributed by atoms with E-state index in [2.05, 4.69) is 14.5 Å². The van der Waals surface area contributed by atoms with E-state index in [0.717, 1.165) is 45.3 Å². The summed E-state index contributed by atoms with van der Waals surface area (Å²) >= 11 is 0. The molecule has 1 aromatic rings. The number of hydrogen-bond acceptors (Lipinski definition) is 5. The number of aliphatic hydroxyl groups is 1. The number of likely N-dealkylation sites (tertiary alicyclic amines) is 1. The normalized spacial score (nSPS) is 32.3. The third-order valence-corrected chi connectivity index (χ3v) is 5.37. The van der Waals surface area contributed by atoms with Crippen molar-refractivity contribution in [2.45, 2.75) is 56.5 Å². The molecule has 0 unspecified atom stereocenters. The Kier molecular flexibility index (Phi) is 4.82. The molecule has 6 nitrogen and oxygen atoms in total. The molecule has 1 aromatic heterocycles. The predicted octanol–water partition coefficient (Wildman–Crippen LogP) is 1.03. The van der Waals surface area contributed by atoms with Crippen molar-refractivity contribution in [1.82, 2.24) is 14.5 Å². The van der Waals surface area contributed by atoms with Crippen LogP contribution in [0.15, 0.2) is 12.5 Å². The number of imidazole rings is 1. The molecule has 1 N–H and O–H groups in total. The number of ether oxygens (including phenoxy) is 2. The van der Waals surface area contributed by atoms with Crippen molar-refractivity contribution >= 4 is 0 Å². The second kappa shape index (κ2) is 6.66. The molecule has 0 bridgehead atoms. The van der Waals surface area contributed by atoms with Crippen molar-refractivity contribution in [3.63, 3.8) is 0 Å². The van der Waals surface area contributed by atoms with Crippen molar-refractivity contribution in [1.29, 1.82) is 0 Å². The van der Waals surface area contributed by atoms with E-state index < -0.39 is 0 Å². The van der Waals surface area contributed by atoms with E-state index in [-0.39, 0.29) is 11.7 Å². The summed E-state index contributed by atoms with van der Waals surface area (Å²) in [6.45, 7) is 3.38. The largest absolute Gasteiger partial charge is 0.393 e. The molecule has 1 saturated carbocycles. The minimum absolute atomic E-state index is 0.0728. The van der Waals surface area contributed by atoms with E-state index >= 15 is 0 Å². The van der Waals surface area contributed by atoms with Crippen molar-refractivity contribution in [2.75, 3.05) is 27.4 Å². The Hall–Kier alpha value is -0.950. The van der Waals surface area contributed by atoms with Crippen LogP contribution in [-0.2, 0) is 22.6 Å². The van der Waals surface area contributed by atoms with Gasteiger partial charge in [0.25, 0.3) is 0 Å². The van der Waals surface area contributed by atoms with Crippen LogP contribution in [0.25, 0.3) is 0 Å². The molecule has 1 aliphatic carbocycles. The summed E-state index contributed by atoms with van der Waals surface area (Å²) in [7, 11) is 3.53. The highest BCUT2D eigenvalue weighted by Crippen LogP contribution is 2.42. The first kappa shape index (κ1) is 15.9. The molecular formula is C16H27N3O3. The molecule has 1 aliphatic heterocycles. The second-order valence-corrected chi connectivity index (χ2v) is 6.50. The summed E-state index contributed by atoms with van der Waals surface area (Å²) in [6, 6.07) is 0.298. The highest BCUT2D eigenvalue weighted by molar-refractivity contribution is 5.08.